The molecule has 0 unspecified atom stereocenters. The summed E-state index contributed by atoms with van der Waals surface area (Å²) in [6, 6.07) is 1.10. The van der Waals surface area contributed by atoms with Crippen molar-refractivity contribution in [2.24, 2.45) is 0 Å². The number of rotatable bonds is 1. The highest BCUT2D eigenvalue weighted by molar-refractivity contribution is 5.77. The minimum absolute atomic E-state index is 0.405. The summed E-state index contributed by atoms with van der Waals surface area (Å²) < 4.78 is 38.4. The molecule has 1 aromatic heterocycles. The lowest BCUT2D eigenvalue weighted by atomic mass is 10.6. The minimum Gasteiger partial charge on any atom is -0.399 e. The number of halogens is 3. The Labute approximate surface area is 64.3 Å². The molecule has 0 aliphatic rings. The van der Waals surface area contributed by atoms with Crippen molar-refractivity contribution in [2.75, 3.05) is 0 Å². The Morgan fingerprint density at radius 1 is 1.58 bits per heavy atom. The molecule has 12 heavy (non-hydrogen) atoms. The smallest absolute Gasteiger partial charge is 0.399 e. The zero-order chi connectivity index (χ0) is 9.19. The molecule has 7 heteroatoms. The number of alkyl halides is 3. The maximum Gasteiger partial charge on any atom is 0.491 e. The van der Waals surface area contributed by atoms with Gasteiger partial charge >= 0.3 is 12.1 Å². The van der Waals surface area contributed by atoms with Gasteiger partial charge in [-0.25, -0.2) is 4.79 Å². The molecule has 4 nitrogen and oxygen atoms in total. The van der Waals surface area contributed by atoms with Gasteiger partial charge in [0, 0.05) is 12.3 Å². The molecule has 0 aliphatic heterocycles. The highest BCUT2D eigenvalue weighted by Crippen LogP contribution is 2.17. The minimum atomic E-state index is -4.99. The van der Waals surface area contributed by atoms with Gasteiger partial charge in [0.25, 0.3) is 0 Å². The first kappa shape index (κ1) is 8.57. The molecular weight excluding hydrogens is 177 g/mol. The number of hydrogen-bond acceptors (Lipinski definition) is 3. The molecule has 0 aromatic carbocycles. The Balaban J connectivity index is 2.60. The van der Waals surface area contributed by atoms with Crippen molar-refractivity contribution in [1.82, 2.24) is 10.2 Å². The van der Waals surface area contributed by atoms with Gasteiger partial charge in [-0.2, -0.15) is 13.2 Å². The predicted octanol–water partition coefficient (Wildman–Crippen LogP) is 0.877. The summed E-state index contributed by atoms with van der Waals surface area (Å²) in [5, 5.41) is 5.39. The molecule has 0 spiro atoms. The average molecular weight is 180 g/mol. The second-order valence-corrected chi connectivity index (χ2v) is 1.80. The summed E-state index contributed by atoms with van der Waals surface area (Å²) in [6.45, 7) is 0. The van der Waals surface area contributed by atoms with E-state index in [-0.39, 0.29) is 0 Å². The second-order valence-electron chi connectivity index (χ2n) is 1.80. The van der Waals surface area contributed by atoms with E-state index in [0.29, 0.717) is 0 Å². The van der Waals surface area contributed by atoms with Crippen LogP contribution in [0.3, 0.4) is 0 Å². The van der Waals surface area contributed by atoms with Crippen LogP contribution in [0.4, 0.5) is 13.2 Å². The van der Waals surface area contributed by atoms with Crippen molar-refractivity contribution < 1.29 is 22.7 Å². The molecule has 0 bridgehead atoms. The number of nitrogens with one attached hydrogen (secondary N) is 1. The fourth-order valence-electron chi connectivity index (χ4n) is 0.456. The normalized spacial score (nSPS) is 11.2. The molecule has 0 amide bonds. The van der Waals surface area contributed by atoms with Crippen LogP contribution in [0.15, 0.2) is 12.3 Å². The Morgan fingerprint density at radius 2 is 2.25 bits per heavy atom. The molecule has 0 atom stereocenters. The van der Waals surface area contributed by atoms with E-state index >= 15 is 0 Å². The number of carbonyl (C=O) groups is 1. The monoisotopic (exact) mass is 180 g/mol. The lowest BCUT2D eigenvalue weighted by Gasteiger charge is -2.02. The molecule has 0 saturated heterocycles. The van der Waals surface area contributed by atoms with Gasteiger partial charge in [-0.15, -0.1) is 5.10 Å². The summed E-state index contributed by atoms with van der Waals surface area (Å²) >= 11 is 0. The van der Waals surface area contributed by atoms with E-state index in [1.165, 1.54) is 6.20 Å². The maximum absolute atomic E-state index is 11.5. The first-order chi connectivity index (χ1) is 5.50. The van der Waals surface area contributed by atoms with Crippen LogP contribution in [0.1, 0.15) is 0 Å². The third-order valence-electron chi connectivity index (χ3n) is 0.904. The quantitative estimate of drug-likeness (QED) is 0.652. The number of hydrogen-bond donors (Lipinski definition) is 1. The SMILES string of the molecule is O=C(Oc1cc[nH]n1)C(F)(F)F. The average Bonchev–Trinajstić information content (AvgIpc) is 2.37. The van der Waals surface area contributed by atoms with Gasteiger partial charge in [-0.3, -0.25) is 5.10 Å². The Hall–Kier alpha value is -1.53. The van der Waals surface area contributed by atoms with Gasteiger partial charge in [0.2, 0.25) is 5.88 Å². The van der Waals surface area contributed by atoms with Crippen molar-refractivity contribution >= 4 is 5.97 Å². The molecule has 1 N–H and O–H groups in total. The van der Waals surface area contributed by atoms with Gasteiger partial charge in [-0.05, 0) is 0 Å². The highest BCUT2D eigenvalue weighted by Gasteiger charge is 2.41. The van der Waals surface area contributed by atoms with Crippen LogP contribution in [0.5, 0.6) is 5.88 Å². The number of esters is 1. The largest absolute Gasteiger partial charge is 0.491 e. The van der Waals surface area contributed by atoms with Crippen molar-refractivity contribution in [3.8, 4) is 5.88 Å². The van der Waals surface area contributed by atoms with E-state index < -0.39 is 18.0 Å². The van der Waals surface area contributed by atoms with Crippen LogP contribution in [-0.4, -0.2) is 22.3 Å². The molecule has 0 fully saturated rings. The summed E-state index contributed by atoms with van der Waals surface area (Å²) in [4.78, 5) is 10.1. The molecule has 1 rings (SSSR count). The summed E-state index contributed by atoms with van der Waals surface area (Å²) in [5.41, 5.74) is 0. The number of H-pyrrole nitrogens is 1. The third-order valence-corrected chi connectivity index (χ3v) is 0.904. The van der Waals surface area contributed by atoms with Gasteiger partial charge in [0.1, 0.15) is 0 Å². The number of carbonyl (C=O) groups excluding carboxylic acids is 1. The van der Waals surface area contributed by atoms with Crippen molar-refractivity contribution in [2.45, 2.75) is 6.18 Å². The lowest BCUT2D eigenvalue weighted by molar-refractivity contribution is -0.190. The number of aromatic amines is 1. The van der Waals surface area contributed by atoms with Crippen molar-refractivity contribution in [1.29, 1.82) is 0 Å². The molecule has 0 radical (unpaired) electrons. The van der Waals surface area contributed by atoms with Crippen LogP contribution in [0.25, 0.3) is 0 Å². The third kappa shape index (κ3) is 1.97. The number of nitrogens with zero attached hydrogens (tertiary/aromatic N) is 1. The molecule has 0 saturated carbocycles. The van der Waals surface area contributed by atoms with Gasteiger partial charge in [0.05, 0.1) is 0 Å². The molecule has 1 aromatic rings. The Bertz CT molecular complexity index is 267. The van der Waals surface area contributed by atoms with Crippen LogP contribution < -0.4 is 4.74 Å². The predicted molar refractivity (Wildman–Crippen MR) is 30.3 cm³/mol. The summed E-state index contributed by atoms with van der Waals surface area (Å²) in [6.07, 6.45) is -3.75. The summed E-state index contributed by atoms with van der Waals surface area (Å²) in [7, 11) is 0. The van der Waals surface area contributed by atoms with Crippen molar-refractivity contribution in [3.63, 3.8) is 0 Å². The first-order valence-electron chi connectivity index (χ1n) is 2.79. The molecule has 66 valence electrons. The van der Waals surface area contributed by atoms with Crippen LogP contribution >= 0.6 is 0 Å². The first-order valence-corrected chi connectivity index (χ1v) is 2.79. The van der Waals surface area contributed by atoms with Gasteiger partial charge in [0.15, 0.2) is 0 Å². The van der Waals surface area contributed by atoms with Gasteiger partial charge < -0.3 is 4.74 Å². The van der Waals surface area contributed by atoms with Gasteiger partial charge in [-0.1, -0.05) is 0 Å². The van der Waals surface area contributed by atoms with E-state index in [9.17, 15) is 18.0 Å². The number of ether oxygens (including phenoxy) is 1. The Kier molecular flexibility index (Phi) is 2.03. The zero-order valence-electron chi connectivity index (χ0n) is 5.55. The van der Waals surface area contributed by atoms with E-state index in [4.69, 9.17) is 0 Å². The maximum atomic E-state index is 11.5. The zero-order valence-corrected chi connectivity index (χ0v) is 5.55. The molecule has 0 aliphatic carbocycles. The molecule has 1 heterocycles. The standard InChI is InChI=1S/C5H3F3N2O2/c6-5(7,8)4(11)12-3-1-2-9-10-3/h1-2H,(H,9,10). The highest BCUT2D eigenvalue weighted by atomic mass is 19.4. The van der Waals surface area contributed by atoms with Crippen molar-refractivity contribution in [3.05, 3.63) is 12.3 Å². The lowest BCUT2D eigenvalue weighted by Crippen LogP contribution is -2.28. The van der Waals surface area contributed by atoms with E-state index in [0.717, 1.165) is 6.07 Å². The van der Waals surface area contributed by atoms with E-state index in [1.54, 1.807) is 0 Å². The van der Waals surface area contributed by atoms with E-state index in [1.807, 2.05) is 0 Å². The van der Waals surface area contributed by atoms with Crippen LogP contribution in [0, 0.1) is 0 Å². The second kappa shape index (κ2) is 2.84. The van der Waals surface area contributed by atoms with E-state index in [2.05, 4.69) is 14.9 Å². The van der Waals surface area contributed by atoms with Crippen LogP contribution in [0.2, 0.25) is 0 Å². The fraction of sp³-hybridized carbons (Fsp3) is 0.200. The topological polar surface area (TPSA) is 55.0 Å². The fourth-order valence-corrected chi connectivity index (χ4v) is 0.456. The Morgan fingerprint density at radius 3 is 2.67 bits per heavy atom. The summed E-state index contributed by atoms with van der Waals surface area (Å²) in [5.74, 6) is -2.69. The molecular formula is C5H3F3N2O2. The number of aromatic nitrogens is 2. The van der Waals surface area contributed by atoms with Crippen LogP contribution in [-0.2, 0) is 4.79 Å².